The van der Waals surface area contributed by atoms with Crippen LogP contribution in [0.5, 0.6) is 0 Å². The molecular weight excluding hydrogens is 406 g/mol. The van der Waals surface area contributed by atoms with Crippen molar-refractivity contribution < 1.29 is 33.2 Å². The van der Waals surface area contributed by atoms with Gasteiger partial charge < -0.3 is 9.84 Å². The van der Waals surface area contributed by atoms with Crippen molar-refractivity contribution in [2.24, 2.45) is 0 Å². The minimum atomic E-state index is -1.67. The van der Waals surface area contributed by atoms with Gasteiger partial charge >= 0.3 is 5.97 Å². The Morgan fingerprint density at radius 3 is 0.955 bits per heavy atom. The van der Waals surface area contributed by atoms with Crippen LogP contribution in [-0.4, -0.2) is 38.8 Å². The predicted octanol–water partition coefficient (Wildman–Crippen LogP) is 3.49. The van der Waals surface area contributed by atoms with Crippen LogP contribution in [0.1, 0.15) is 35.1 Å². The molecule has 0 unspecified atom stereocenters. The van der Waals surface area contributed by atoms with E-state index in [9.17, 15) is 14.4 Å². The summed E-state index contributed by atoms with van der Waals surface area (Å²) in [4.78, 5) is 37.0. The molecule has 0 aromatic heterocycles. The molecule has 12 heteroatoms. The third-order valence-corrected chi connectivity index (χ3v) is 0.287. The van der Waals surface area contributed by atoms with Gasteiger partial charge in [0.1, 0.15) is 0 Å². The third-order valence-electron chi connectivity index (χ3n) is 0.287. The van der Waals surface area contributed by atoms with Gasteiger partial charge in [0.05, 0.1) is 7.11 Å². The first-order chi connectivity index (χ1) is 9.20. The molecule has 136 valence electrons. The second-order valence-corrected chi connectivity index (χ2v) is 5.93. The number of aliphatic carboxylic acids is 1. The summed E-state index contributed by atoms with van der Waals surface area (Å²) in [5, 5.41) is 6.69. The van der Waals surface area contributed by atoms with E-state index in [2.05, 4.69) is 49.3 Å². The van der Waals surface area contributed by atoms with Crippen molar-refractivity contribution in [3.8, 4) is 0 Å². The van der Waals surface area contributed by atoms with Gasteiger partial charge in [-0.15, -0.1) is 0 Å². The molecule has 1 N–H and O–H groups in total. The molecule has 0 atom stereocenters. The number of esters is 1. The fourth-order valence-electron chi connectivity index (χ4n) is 0. The Morgan fingerprint density at radius 1 is 0.909 bits per heavy atom. The molecule has 0 rings (SSSR count). The summed E-state index contributed by atoms with van der Waals surface area (Å²) in [5.41, 5.74) is 0. The van der Waals surface area contributed by atoms with E-state index in [-0.39, 0.29) is 23.9 Å². The Labute approximate surface area is 151 Å². The average molecular weight is 426 g/mol. The van der Waals surface area contributed by atoms with Gasteiger partial charge in [0.2, 0.25) is 19.7 Å². The highest BCUT2D eigenvalue weighted by Gasteiger charge is 1.75. The zero-order valence-corrected chi connectivity index (χ0v) is 15.7. The monoisotopic (exact) mass is 424 g/mol. The molecule has 0 bridgehead atoms. The predicted molar refractivity (Wildman–Crippen MR) is 90.6 cm³/mol. The quantitative estimate of drug-likeness (QED) is 0.466. The zero-order chi connectivity index (χ0) is 18.6. The Balaban J connectivity index is -0.0000000361. The van der Waals surface area contributed by atoms with Crippen LogP contribution in [0.25, 0.3) is 0 Å². The maximum atomic E-state index is 9.59. The molecular formula is C10H20Cl4O7S. The lowest BCUT2D eigenvalue weighted by atomic mass is 10.8. The van der Waals surface area contributed by atoms with Crippen LogP contribution in [0.15, 0.2) is 0 Å². The molecule has 0 aliphatic carbocycles. The molecule has 0 aromatic rings. The van der Waals surface area contributed by atoms with E-state index in [4.69, 9.17) is 14.1 Å². The van der Waals surface area contributed by atoms with E-state index in [1.54, 1.807) is 0 Å². The summed E-state index contributed by atoms with van der Waals surface area (Å²) in [7, 11) is 8.71. The molecule has 7 nitrogen and oxygen atoms in total. The normalized spacial score (nSPS) is 6.64. The molecule has 0 saturated carbocycles. The average Bonchev–Trinajstić information content (AvgIpc) is 2.13. The third kappa shape index (κ3) is 2680. The maximum Gasteiger partial charge on any atom is 0.302 e. The minimum Gasteiger partial charge on any atom is -0.481 e. The number of carboxylic acids is 1. The Hall–Kier alpha value is -0.410. The fraction of sp³-hybridized carbons (Fsp3) is 0.600. The zero-order valence-electron chi connectivity index (χ0n) is 11.8. The lowest BCUT2D eigenvalue weighted by Gasteiger charge is -1.80. The molecule has 0 spiro atoms. The van der Waals surface area contributed by atoms with Crippen molar-refractivity contribution in [2.45, 2.75) is 35.1 Å². The number of hydrogen-bond acceptors (Lipinski definition) is 6. The van der Waals surface area contributed by atoms with E-state index in [0.29, 0.717) is 0 Å². The highest BCUT2D eigenvalue weighted by molar-refractivity contribution is 8.26. The summed E-state index contributed by atoms with van der Waals surface area (Å²) in [5.74, 6) is -1.08. The van der Waals surface area contributed by atoms with Crippen LogP contribution in [0.2, 0.25) is 0 Å². The Kier molecular flexibility index (Phi) is 55.7. The molecule has 0 saturated heterocycles. The number of ether oxygens (including phenoxy) is 1. The van der Waals surface area contributed by atoms with Crippen LogP contribution in [0.4, 0.5) is 0 Å². The standard InChI is InChI=1S/C3H6O2.2C2H3ClO.C2H4O2.CH4.Cl2OS/c1-3(4)5-2;3*1-2(3)4;;1-4(2)3/h1-2H3;2*1H3;1H3,(H,3,4);1H4;. The Bertz CT molecular complexity index is 260. The van der Waals surface area contributed by atoms with E-state index in [1.165, 1.54) is 27.9 Å². The van der Waals surface area contributed by atoms with Gasteiger partial charge in [-0.2, -0.15) is 0 Å². The second-order valence-electron chi connectivity index (χ2n) is 2.34. The van der Waals surface area contributed by atoms with Gasteiger partial charge in [0.25, 0.3) is 5.97 Å². The van der Waals surface area contributed by atoms with Crippen LogP contribution in [0.3, 0.4) is 0 Å². The van der Waals surface area contributed by atoms with Crippen molar-refractivity contribution in [2.75, 3.05) is 7.11 Å². The molecule has 0 radical (unpaired) electrons. The first kappa shape index (κ1) is 37.7. The summed E-state index contributed by atoms with van der Waals surface area (Å²) >= 11 is 9.27. The van der Waals surface area contributed by atoms with Crippen molar-refractivity contribution in [3.05, 3.63) is 0 Å². The fourth-order valence-corrected chi connectivity index (χ4v) is 0. The van der Waals surface area contributed by atoms with E-state index >= 15 is 0 Å². The molecule has 22 heavy (non-hydrogen) atoms. The van der Waals surface area contributed by atoms with Gasteiger partial charge in [-0.25, -0.2) is 4.21 Å². The number of methoxy groups -OCH3 is 1. The van der Waals surface area contributed by atoms with Crippen molar-refractivity contribution >= 4 is 76.2 Å². The summed E-state index contributed by atoms with van der Waals surface area (Å²) in [6, 6.07) is 0. The van der Waals surface area contributed by atoms with Crippen LogP contribution >= 0.6 is 44.6 Å². The summed E-state index contributed by atoms with van der Waals surface area (Å²) < 4.78 is 13.2. The Morgan fingerprint density at radius 2 is 0.955 bits per heavy atom. The van der Waals surface area contributed by atoms with Gasteiger partial charge in [-0.05, 0) is 23.2 Å². The van der Waals surface area contributed by atoms with E-state index < -0.39 is 15.2 Å². The molecule has 0 heterocycles. The first-order valence-corrected chi connectivity index (χ1v) is 8.06. The maximum absolute atomic E-state index is 9.59. The van der Waals surface area contributed by atoms with E-state index in [0.717, 1.165) is 6.92 Å². The van der Waals surface area contributed by atoms with Crippen molar-refractivity contribution in [3.63, 3.8) is 0 Å². The lowest BCUT2D eigenvalue weighted by molar-refractivity contribution is -0.138. The van der Waals surface area contributed by atoms with Crippen LogP contribution < -0.4 is 0 Å². The van der Waals surface area contributed by atoms with E-state index in [1.807, 2.05) is 0 Å². The number of carbonyl (C=O) groups is 4. The van der Waals surface area contributed by atoms with Gasteiger partial charge in [-0.3, -0.25) is 19.2 Å². The SMILES string of the molecule is C.CC(=O)Cl.CC(=O)Cl.CC(=O)O.COC(C)=O.O=S(Cl)Cl. The smallest absolute Gasteiger partial charge is 0.302 e. The van der Waals surface area contributed by atoms with Crippen molar-refractivity contribution in [1.29, 1.82) is 0 Å². The summed E-state index contributed by atoms with van der Waals surface area (Å²) in [6.07, 6.45) is 0. The highest BCUT2D eigenvalue weighted by atomic mass is 36.0. The summed E-state index contributed by atoms with van der Waals surface area (Å²) in [6.45, 7) is 5.03. The van der Waals surface area contributed by atoms with Gasteiger partial charge in [-0.1, -0.05) is 7.43 Å². The van der Waals surface area contributed by atoms with Crippen LogP contribution in [-0.2, 0) is 33.1 Å². The number of carboxylic acid groups (broad SMARTS) is 1. The number of halogens is 4. The van der Waals surface area contributed by atoms with Crippen molar-refractivity contribution in [1.82, 2.24) is 0 Å². The molecule has 0 aliphatic rings. The highest BCUT2D eigenvalue weighted by Crippen LogP contribution is 1.89. The molecule has 0 amide bonds. The van der Waals surface area contributed by atoms with Gasteiger partial charge in [0, 0.05) is 49.1 Å². The first-order valence-electron chi connectivity index (χ1n) is 4.51. The number of carbonyl (C=O) groups excluding carboxylic acids is 3. The van der Waals surface area contributed by atoms with Gasteiger partial charge in [0.15, 0.2) is 0 Å². The second kappa shape index (κ2) is 32.5. The lowest BCUT2D eigenvalue weighted by Crippen LogP contribution is -1.88. The molecule has 0 aromatic carbocycles. The minimum absolute atomic E-state index is 0. The molecule has 0 aliphatic heterocycles. The molecule has 0 fully saturated rings. The number of rotatable bonds is 0. The largest absolute Gasteiger partial charge is 0.481 e. The topological polar surface area (TPSA) is 115 Å². The van der Waals surface area contributed by atoms with Crippen LogP contribution in [0, 0.1) is 0 Å². The number of hydrogen-bond donors (Lipinski definition) is 1.